The summed E-state index contributed by atoms with van der Waals surface area (Å²) in [6.45, 7) is 5.20. The quantitative estimate of drug-likeness (QED) is 0.874. The van der Waals surface area contributed by atoms with Crippen LogP contribution < -0.4 is 5.32 Å². The highest BCUT2D eigenvalue weighted by molar-refractivity contribution is 5.20. The van der Waals surface area contributed by atoms with Gasteiger partial charge >= 0.3 is 6.01 Å². The van der Waals surface area contributed by atoms with Crippen LogP contribution in [0.3, 0.4) is 0 Å². The lowest BCUT2D eigenvalue weighted by Gasteiger charge is -2.36. The van der Waals surface area contributed by atoms with Crippen LogP contribution in [0.15, 0.2) is 4.52 Å². The van der Waals surface area contributed by atoms with Gasteiger partial charge in [0.1, 0.15) is 5.60 Å². The van der Waals surface area contributed by atoms with Crippen molar-refractivity contribution >= 4 is 6.01 Å². The first kappa shape index (κ1) is 13.3. The summed E-state index contributed by atoms with van der Waals surface area (Å²) in [5.41, 5.74) is -0.354. The molecule has 0 aromatic carbocycles. The lowest BCUT2D eigenvalue weighted by Crippen LogP contribution is -2.35. The molecule has 1 aliphatic rings. The van der Waals surface area contributed by atoms with Gasteiger partial charge in [-0.1, -0.05) is 25.4 Å². The average molecular weight is 253 g/mol. The minimum Gasteiger partial charge on any atom is -0.370 e. The van der Waals surface area contributed by atoms with Crippen molar-refractivity contribution in [2.45, 2.75) is 51.6 Å². The first-order valence-electron chi connectivity index (χ1n) is 6.83. The summed E-state index contributed by atoms with van der Waals surface area (Å²) in [5.74, 6) is 1.33. The van der Waals surface area contributed by atoms with Crippen molar-refractivity contribution in [2.75, 3.05) is 19.0 Å². The number of nitrogens with zero attached hydrogens (tertiary/aromatic N) is 2. The first-order valence-corrected chi connectivity index (χ1v) is 6.83. The molecule has 2 atom stereocenters. The maximum atomic E-state index is 5.74. The Hall–Kier alpha value is -1.10. The molecule has 5 heteroatoms. The molecule has 1 heterocycles. The van der Waals surface area contributed by atoms with Crippen molar-refractivity contribution in [3.8, 4) is 0 Å². The molecule has 0 aliphatic heterocycles. The van der Waals surface area contributed by atoms with Gasteiger partial charge in [0.2, 0.25) is 5.82 Å². The van der Waals surface area contributed by atoms with E-state index in [0.717, 1.165) is 32.2 Å². The van der Waals surface area contributed by atoms with Gasteiger partial charge in [-0.25, -0.2) is 0 Å². The van der Waals surface area contributed by atoms with E-state index in [4.69, 9.17) is 9.26 Å². The SMILES string of the molecule is CCCNc1nc(C2(OC)CCCC(C)C2)no1. The number of hydrogen-bond donors (Lipinski definition) is 1. The zero-order valence-corrected chi connectivity index (χ0v) is 11.5. The van der Waals surface area contributed by atoms with E-state index in [1.807, 2.05) is 0 Å². The second-order valence-electron chi connectivity index (χ2n) is 5.25. The third-order valence-electron chi connectivity index (χ3n) is 3.71. The Morgan fingerprint density at radius 3 is 3.06 bits per heavy atom. The van der Waals surface area contributed by atoms with Crippen LogP contribution in [0, 0.1) is 5.92 Å². The van der Waals surface area contributed by atoms with E-state index in [9.17, 15) is 0 Å². The normalized spacial score (nSPS) is 28.3. The molecule has 2 rings (SSSR count). The molecular weight excluding hydrogens is 230 g/mol. The Morgan fingerprint density at radius 2 is 2.39 bits per heavy atom. The molecule has 0 amide bonds. The Kier molecular flexibility index (Phi) is 4.22. The molecule has 5 nitrogen and oxygen atoms in total. The van der Waals surface area contributed by atoms with Gasteiger partial charge in [0.25, 0.3) is 0 Å². The van der Waals surface area contributed by atoms with Crippen LogP contribution in [-0.2, 0) is 10.3 Å². The molecule has 0 spiro atoms. The fraction of sp³-hybridized carbons (Fsp3) is 0.846. The molecule has 2 unspecified atom stereocenters. The van der Waals surface area contributed by atoms with Gasteiger partial charge in [0, 0.05) is 13.7 Å². The standard InChI is InChI=1S/C13H23N3O2/c1-4-8-14-12-15-11(16-18-12)13(17-3)7-5-6-10(2)9-13/h10H,4-9H2,1-3H3,(H,14,15,16). The largest absolute Gasteiger partial charge is 0.370 e. The van der Waals surface area contributed by atoms with E-state index in [1.54, 1.807) is 7.11 Å². The number of rotatable bonds is 5. The van der Waals surface area contributed by atoms with Crippen molar-refractivity contribution < 1.29 is 9.26 Å². The Bertz CT molecular complexity index is 380. The number of ether oxygens (including phenoxy) is 1. The van der Waals surface area contributed by atoms with Crippen LogP contribution in [0.4, 0.5) is 6.01 Å². The van der Waals surface area contributed by atoms with E-state index in [1.165, 1.54) is 6.42 Å². The molecule has 0 radical (unpaired) electrons. The lowest BCUT2D eigenvalue weighted by molar-refractivity contribution is -0.0658. The third-order valence-corrected chi connectivity index (χ3v) is 3.71. The van der Waals surface area contributed by atoms with Crippen LogP contribution in [-0.4, -0.2) is 23.8 Å². The van der Waals surface area contributed by atoms with E-state index >= 15 is 0 Å². The fourth-order valence-electron chi connectivity index (χ4n) is 2.70. The van der Waals surface area contributed by atoms with Crippen LogP contribution in [0.2, 0.25) is 0 Å². The Balaban J connectivity index is 2.13. The van der Waals surface area contributed by atoms with E-state index in [-0.39, 0.29) is 5.60 Å². The topological polar surface area (TPSA) is 60.2 Å². The molecule has 0 saturated heterocycles. The van der Waals surface area contributed by atoms with Crippen molar-refractivity contribution in [1.29, 1.82) is 0 Å². The summed E-state index contributed by atoms with van der Waals surface area (Å²) in [6.07, 6.45) is 5.38. The zero-order chi connectivity index (χ0) is 13.0. The number of anilines is 1. The molecule has 0 bridgehead atoms. The number of aromatic nitrogens is 2. The molecule has 1 aromatic rings. The second kappa shape index (κ2) is 5.69. The summed E-state index contributed by atoms with van der Waals surface area (Å²) >= 11 is 0. The number of hydrogen-bond acceptors (Lipinski definition) is 5. The molecule has 1 aliphatic carbocycles. The van der Waals surface area contributed by atoms with E-state index < -0.39 is 0 Å². The highest BCUT2D eigenvalue weighted by Crippen LogP contribution is 2.41. The van der Waals surface area contributed by atoms with Crippen molar-refractivity contribution in [2.24, 2.45) is 5.92 Å². The molecule has 102 valence electrons. The third kappa shape index (κ3) is 2.66. The van der Waals surface area contributed by atoms with Gasteiger partial charge in [0.15, 0.2) is 0 Å². The monoisotopic (exact) mass is 253 g/mol. The van der Waals surface area contributed by atoms with Gasteiger partial charge in [-0.15, -0.1) is 0 Å². The van der Waals surface area contributed by atoms with E-state index in [0.29, 0.717) is 17.8 Å². The predicted molar refractivity (Wildman–Crippen MR) is 69.4 cm³/mol. The highest BCUT2D eigenvalue weighted by Gasteiger charge is 2.40. The lowest BCUT2D eigenvalue weighted by atomic mass is 9.78. The average Bonchev–Trinajstić information content (AvgIpc) is 2.85. The molecule has 1 N–H and O–H groups in total. The number of methoxy groups -OCH3 is 1. The van der Waals surface area contributed by atoms with Gasteiger partial charge in [-0.05, 0) is 31.6 Å². The summed E-state index contributed by atoms with van der Waals surface area (Å²) in [6, 6.07) is 0.501. The Labute approximate surface area is 108 Å². The predicted octanol–water partition coefficient (Wildman–Crippen LogP) is 2.94. The maximum absolute atomic E-state index is 5.74. The van der Waals surface area contributed by atoms with Crippen molar-refractivity contribution in [3.05, 3.63) is 5.82 Å². The van der Waals surface area contributed by atoms with Gasteiger partial charge in [-0.3, -0.25) is 0 Å². The van der Waals surface area contributed by atoms with E-state index in [2.05, 4.69) is 29.3 Å². The minimum atomic E-state index is -0.354. The molecule has 1 fully saturated rings. The summed E-state index contributed by atoms with van der Waals surface area (Å²) < 4.78 is 11.0. The first-order chi connectivity index (χ1) is 8.70. The van der Waals surface area contributed by atoms with Crippen molar-refractivity contribution in [3.63, 3.8) is 0 Å². The van der Waals surface area contributed by atoms with Gasteiger partial charge in [0.05, 0.1) is 0 Å². The minimum absolute atomic E-state index is 0.354. The van der Waals surface area contributed by atoms with Crippen molar-refractivity contribution in [1.82, 2.24) is 10.1 Å². The number of nitrogens with one attached hydrogen (secondary N) is 1. The van der Waals surface area contributed by atoms with Crippen LogP contribution in [0.25, 0.3) is 0 Å². The summed E-state index contributed by atoms with van der Waals surface area (Å²) in [7, 11) is 1.74. The second-order valence-corrected chi connectivity index (χ2v) is 5.25. The van der Waals surface area contributed by atoms with Gasteiger partial charge in [-0.2, -0.15) is 4.98 Å². The molecule has 1 aromatic heterocycles. The maximum Gasteiger partial charge on any atom is 0.321 e. The van der Waals surface area contributed by atoms with Crippen LogP contribution >= 0.6 is 0 Å². The van der Waals surface area contributed by atoms with Crippen LogP contribution in [0.1, 0.15) is 51.8 Å². The Morgan fingerprint density at radius 1 is 1.56 bits per heavy atom. The molecule has 18 heavy (non-hydrogen) atoms. The highest BCUT2D eigenvalue weighted by atomic mass is 16.5. The summed E-state index contributed by atoms with van der Waals surface area (Å²) in [5, 5.41) is 7.21. The molecular formula is C13H23N3O2. The van der Waals surface area contributed by atoms with Gasteiger partial charge < -0.3 is 14.6 Å². The molecule has 1 saturated carbocycles. The fourth-order valence-corrected chi connectivity index (χ4v) is 2.70. The zero-order valence-electron chi connectivity index (χ0n) is 11.5. The van der Waals surface area contributed by atoms with Crippen LogP contribution in [0.5, 0.6) is 0 Å². The smallest absolute Gasteiger partial charge is 0.321 e. The summed E-state index contributed by atoms with van der Waals surface area (Å²) in [4.78, 5) is 4.44.